The Hall–Kier alpha value is -2.35. The van der Waals surface area contributed by atoms with Gasteiger partial charge in [0.15, 0.2) is 0 Å². The van der Waals surface area contributed by atoms with Crippen LogP contribution in [0.4, 0.5) is 0 Å². The lowest BCUT2D eigenvalue weighted by molar-refractivity contribution is 0.0945. The fraction of sp³-hybridized carbons (Fsp3) is 0.267. The highest BCUT2D eigenvalue weighted by Crippen LogP contribution is 2.23. The van der Waals surface area contributed by atoms with Gasteiger partial charge in [-0.1, -0.05) is 0 Å². The highest BCUT2D eigenvalue weighted by atomic mass is 79.9. The van der Waals surface area contributed by atoms with Crippen molar-refractivity contribution in [1.29, 1.82) is 0 Å². The van der Waals surface area contributed by atoms with Crippen molar-refractivity contribution in [2.75, 3.05) is 14.2 Å². The predicted molar refractivity (Wildman–Crippen MR) is 90.3 cm³/mol. The summed E-state index contributed by atoms with van der Waals surface area (Å²) in [6, 6.07) is 5.31. The lowest BCUT2D eigenvalue weighted by atomic mass is 10.2. The first-order chi connectivity index (χ1) is 11.0. The van der Waals surface area contributed by atoms with Crippen LogP contribution < -0.4 is 14.9 Å². The number of halogens is 1. The second-order valence-corrected chi connectivity index (χ2v) is 5.47. The van der Waals surface area contributed by atoms with Crippen molar-refractivity contribution in [3.8, 4) is 11.5 Å². The molecule has 1 aromatic carbocycles. The minimum Gasteiger partial charge on any atom is -0.497 e. The van der Waals surface area contributed by atoms with Gasteiger partial charge in [0.05, 0.1) is 30.6 Å². The zero-order valence-electron chi connectivity index (χ0n) is 13.3. The second-order valence-electron chi connectivity index (χ2n) is 4.68. The lowest BCUT2D eigenvalue weighted by Crippen LogP contribution is -2.21. The number of hydrogen-bond acceptors (Lipinski definition) is 5. The van der Waals surface area contributed by atoms with Crippen molar-refractivity contribution < 1.29 is 14.3 Å². The van der Waals surface area contributed by atoms with Gasteiger partial charge < -0.3 is 9.47 Å². The van der Waals surface area contributed by atoms with Crippen LogP contribution in [-0.2, 0) is 7.05 Å². The third-order valence-corrected chi connectivity index (χ3v) is 4.12. The summed E-state index contributed by atoms with van der Waals surface area (Å²) in [7, 11) is 4.83. The monoisotopic (exact) mass is 380 g/mol. The summed E-state index contributed by atoms with van der Waals surface area (Å²) in [5.41, 5.74) is 4.33. The Kier molecular flexibility index (Phi) is 5.38. The molecule has 1 heterocycles. The smallest absolute Gasteiger partial charge is 0.290 e. The molecule has 7 nitrogen and oxygen atoms in total. The van der Waals surface area contributed by atoms with Gasteiger partial charge in [-0.15, -0.1) is 0 Å². The molecule has 0 bridgehead atoms. The van der Waals surface area contributed by atoms with Crippen LogP contribution in [0, 0.1) is 6.92 Å². The van der Waals surface area contributed by atoms with Crippen molar-refractivity contribution >= 4 is 28.1 Å². The molecule has 1 amide bonds. The normalized spacial score (nSPS) is 10.8. The van der Waals surface area contributed by atoms with Crippen LogP contribution in [-0.4, -0.2) is 36.1 Å². The number of carbonyl (C=O) groups is 1. The maximum atomic E-state index is 12.2. The fourth-order valence-corrected chi connectivity index (χ4v) is 2.53. The summed E-state index contributed by atoms with van der Waals surface area (Å²) >= 11 is 3.35. The zero-order valence-corrected chi connectivity index (χ0v) is 14.8. The molecule has 0 saturated carbocycles. The van der Waals surface area contributed by atoms with E-state index < -0.39 is 0 Å². The Balaban J connectivity index is 2.14. The third-order valence-electron chi connectivity index (χ3n) is 3.17. The van der Waals surface area contributed by atoms with Crippen LogP contribution in [0.1, 0.15) is 21.7 Å². The summed E-state index contributed by atoms with van der Waals surface area (Å²) in [6.45, 7) is 1.81. The SMILES string of the molecule is COc1ccc(/C=N\NC(=O)c2c(Br)c(C)nn2C)c(OC)c1. The summed E-state index contributed by atoms with van der Waals surface area (Å²) in [4.78, 5) is 12.2. The van der Waals surface area contributed by atoms with Crippen LogP contribution in [0.3, 0.4) is 0 Å². The highest BCUT2D eigenvalue weighted by Gasteiger charge is 2.17. The van der Waals surface area contributed by atoms with Gasteiger partial charge in [-0.2, -0.15) is 10.2 Å². The molecule has 0 radical (unpaired) electrons. The molecule has 0 aliphatic rings. The molecule has 0 aliphatic carbocycles. The van der Waals surface area contributed by atoms with E-state index in [4.69, 9.17) is 9.47 Å². The van der Waals surface area contributed by atoms with Gasteiger partial charge in [-0.25, -0.2) is 5.43 Å². The van der Waals surface area contributed by atoms with Gasteiger partial charge in [0.25, 0.3) is 5.91 Å². The van der Waals surface area contributed by atoms with Gasteiger partial charge in [0.2, 0.25) is 0 Å². The number of aromatic nitrogens is 2. The molecule has 122 valence electrons. The average molecular weight is 381 g/mol. The molecular formula is C15H17BrN4O3. The summed E-state index contributed by atoms with van der Waals surface area (Å²) in [5.74, 6) is 0.918. The first kappa shape index (κ1) is 17.0. The average Bonchev–Trinajstić information content (AvgIpc) is 2.80. The van der Waals surface area contributed by atoms with Crippen molar-refractivity contribution in [2.45, 2.75) is 6.92 Å². The Morgan fingerprint density at radius 1 is 1.39 bits per heavy atom. The maximum Gasteiger partial charge on any atom is 0.290 e. The van der Waals surface area contributed by atoms with E-state index in [1.165, 1.54) is 10.9 Å². The Morgan fingerprint density at radius 2 is 2.13 bits per heavy atom. The molecule has 2 aromatic rings. The first-order valence-corrected chi connectivity index (χ1v) is 7.51. The summed E-state index contributed by atoms with van der Waals surface area (Å²) in [5, 5.41) is 8.13. The van der Waals surface area contributed by atoms with E-state index in [0.717, 1.165) is 5.69 Å². The number of benzene rings is 1. The molecule has 23 heavy (non-hydrogen) atoms. The Bertz CT molecular complexity index is 755. The molecular weight excluding hydrogens is 364 g/mol. The number of nitrogens with one attached hydrogen (secondary N) is 1. The fourth-order valence-electron chi connectivity index (χ4n) is 2.02. The Labute approximate surface area is 142 Å². The quantitative estimate of drug-likeness (QED) is 0.637. The maximum absolute atomic E-state index is 12.2. The lowest BCUT2D eigenvalue weighted by Gasteiger charge is -2.07. The van der Waals surface area contributed by atoms with Gasteiger partial charge in [-0.3, -0.25) is 9.48 Å². The zero-order chi connectivity index (χ0) is 17.0. The molecule has 0 aliphatic heterocycles. The number of hydrazone groups is 1. The minimum atomic E-state index is -0.358. The van der Waals surface area contributed by atoms with E-state index in [2.05, 4.69) is 31.6 Å². The molecule has 1 N–H and O–H groups in total. The summed E-state index contributed by atoms with van der Waals surface area (Å²) < 4.78 is 12.5. The van der Waals surface area contributed by atoms with Gasteiger partial charge in [-0.05, 0) is 35.0 Å². The molecule has 8 heteroatoms. The van der Waals surface area contributed by atoms with E-state index in [0.29, 0.717) is 27.2 Å². The third kappa shape index (κ3) is 3.70. The number of amides is 1. The van der Waals surface area contributed by atoms with Crippen molar-refractivity contribution in [1.82, 2.24) is 15.2 Å². The van der Waals surface area contributed by atoms with E-state index >= 15 is 0 Å². The topological polar surface area (TPSA) is 77.7 Å². The predicted octanol–water partition coefficient (Wildman–Crippen LogP) is 2.27. The van der Waals surface area contributed by atoms with Crippen LogP contribution in [0.5, 0.6) is 11.5 Å². The highest BCUT2D eigenvalue weighted by molar-refractivity contribution is 9.10. The number of aryl methyl sites for hydroxylation is 2. The van der Waals surface area contributed by atoms with E-state index in [1.807, 2.05) is 6.92 Å². The van der Waals surface area contributed by atoms with Crippen LogP contribution >= 0.6 is 15.9 Å². The number of nitrogens with zero attached hydrogens (tertiary/aromatic N) is 3. The van der Waals surface area contributed by atoms with E-state index in [9.17, 15) is 4.79 Å². The standard InChI is InChI=1S/C15H17BrN4O3/c1-9-13(16)14(20(2)19-9)15(21)18-17-8-10-5-6-11(22-3)7-12(10)23-4/h5-8H,1-4H3,(H,18,21)/b17-8-. The number of carbonyl (C=O) groups excluding carboxylic acids is 1. The van der Waals surface area contributed by atoms with Gasteiger partial charge >= 0.3 is 0 Å². The summed E-state index contributed by atoms with van der Waals surface area (Å²) in [6.07, 6.45) is 1.51. The van der Waals surface area contributed by atoms with Crippen molar-refractivity contribution in [3.63, 3.8) is 0 Å². The molecule has 0 fully saturated rings. The molecule has 0 spiro atoms. The van der Waals surface area contributed by atoms with Gasteiger partial charge in [0.1, 0.15) is 17.2 Å². The molecule has 0 unspecified atom stereocenters. The van der Waals surface area contributed by atoms with Crippen molar-refractivity contribution in [2.24, 2.45) is 12.1 Å². The van der Waals surface area contributed by atoms with Crippen LogP contribution in [0.15, 0.2) is 27.8 Å². The van der Waals surface area contributed by atoms with E-state index in [-0.39, 0.29) is 5.91 Å². The molecule has 0 atom stereocenters. The number of hydrogen-bond donors (Lipinski definition) is 1. The second kappa shape index (κ2) is 7.28. The largest absolute Gasteiger partial charge is 0.497 e. The number of ether oxygens (including phenoxy) is 2. The molecule has 0 saturated heterocycles. The minimum absolute atomic E-state index is 0.358. The first-order valence-electron chi connectivity index (χ1n) is 6.72. The molecule has 2 rings (SSSR count). The van der Waals surface area contributed by atoms with Crippen LogP contribution in [0.2, 0.25) is 0 Å². The van der Waals surface area contributed by atoms with Gasteiger partial charge in [0, 0.05) is 18.7 Å². The van der Waals surface area contributed by atoms with Crippen LogP contribution in [0.25, 0.3) is 0 Å². The molecule has 1 aromatic heterocycles. The number of methoxy groups -OCH3 is 2. The van der Waals surface area contributed by atoms with Crippen molar-refractivity contribution in [3.05, 3.63) is 39.6 Å². The Morgan fingerprint density at radius 3 is 2.70 bits per heavy atom. The van der Waals surface area contributed by atoms with E-state index in [1.54, 1.807) is 39.5 Å². The number of rotatable bonds is 5.